The number of aryl methyl sites for hydroxylation is 2. The number of ether oxygens (including phenoxy) is 1. The van der Waals surface area contributed by atoms with Crippen molar-refractivity contribution < 1.29 is 13.9 Å². The summed E-state index contributed by atoms with van der Waals surface area (Å²) < 4.78 is 13.8. The van der Waals surface area contributed by atoms with Crippen LogP contribution < -0.4 is 9.13 Å². The Bertz CT molecular complexity index is 502. The molecule has 128 valence electrons. The van der Waals surface area contributed by atoms with Gasteiger partial charge >= 0.3 is 0 Å². The lowest BCUT2D eigenvalue weighted by atomic mass is 10.3. The Labute approximate surface area is 138 Å². The first kappa shape index (κ1) is 17.6. The minimum Gasteiger partial charge on any atom is -0.375 e. The normalized spacial score (nSPS) is 11.2. The highest BCUT2D eigenvalue weighted by atomic mass is 16.5. The van der Waals surface area contributed by atoms with Crippen LogP contribution in [0, 0.1) is 0 Å². The molecule has 2 aromatic rings. The maximum absolute atomic E-state index is 5.71. The molecule has 2 aromatic heterocycles. The highest BCUT2D eigenvalue weighted by Gasteiger charge is 2.06. The van der Waals surface area contributed by atoms with Crippen molar-refractivity contribution in [2.75, 3.05) is 13.2 Å². The van der Waals surface area contributed by atoms with Gasteiger partial charge in [0.05, 0.1) is 26.3 Å². The van der Waals surface area contributed by atoms with E-state index in [1.165, 1.54) is 25.7 Å². The number of unbranched alkanes of at least 4 members (excludes halogenated alkanes) is 2. The molecule has 0 aliphatic carbocycles. The molecule has 0 bridgehead atoms. The third-order valence-corrected chi connectivity index (χ3v) is 3.73. The number of hydrogen-bond acceptors (Lipinski definition) is 3. The van der Waals surface area contributed by atoms with Crippen molar-refractivity contribution in [3.63, 3.8) is 0 Å². The van der Waals surface area contributed by atoms with Crippen LogP contribution in [0.3, 0.4) is 0 Å². The Kier molecular flexibility index (Phi) is 7.72. The molecule has 0 spiro atoms. The third-order valence-electron chi connectivity index (χ3n) is 3.73. The predicted octanol–water partition coefficient (Wildman–Crippen LogP) is 0.972. The summed E-state index contributed by atoms with van der Waals surface area (Å²) in [5, 5.41) is 8.67. The van der Waals surface area contributed by atoms with Gasteiger partial charge in [0, 0.05) is 10.2 Å². The van der Waals surface area contributed by atoms with Gasteiger partial charge in [0.1, 0.15) is 13.1 Å². The van der Waals surface area contributed by atoms with Crippen molar-refractivity contribution in [2.45, 2.75) is 65.7 Å². The van der Waals surface area contributed by atoms with E-state index < -0.39 is 0 Å². The minimum absolute atomic E-state index is 0.703. The first-order chi connectivity index (χ1) is 11.3. The van der Waals surface area contributed by atoms with E-state index in [1.54, 1.807) is 0 Å². The van der Waals surface area contributed by atoms with E-state index in [0.717, 1.165) is 26.2 Å². The van der Waals surface area contributed by atoms with E-state index in [0.29, 0.717) is 13.2 Å². The topological polar surface area (TPSA) is 52.6 Å². The van der Waals surface area contributed by atoms with Gasteiger partial charge in [-0.05, 0) is 12.8 Å². The summed E-state index contributed by atoms with van der Waals surface area (Å²) in [7, 11) is 0. The maximum atomic E-state index is 5.71. The number of hydrogen-bond donors (Lipinski definition) is 0. The molecule has 7 nitrogen and oxygen atoms in total. The van der Waals surface area contributed by atoms with Gasteiger partial charge in [0.25, 0.3) is 12.7 Å². The summed E-state index contributed by atoms with van der Waals surface area (Å²) in [5.74, 6) is 0. The lowest BCUT2D eigenvalue weighted by Crippen LogP contribution is -2.36. The van der Waals surface area contributed by atoms with Gasteiger partial charge in [-0.25, -0.2) is 9.13 Å². The second-order valence-corrected chi connectivity index (χ2v) is 5.81. The number of aromatic nitrogens is 6. The van der Waals surface area contributed by atoms with Crippen LogP contribution in [-0.2, 0) is 30.9 Å². The lowest BCUT2D eigenvalue weighted by molar-refractivity contribution is -0.706. The van der Waals surface area contributed by atoms with Crippen LogP contribution in [0.4, 0.5) is 0 Å². The smallest absolute Gasteiger partial charge is 0.265 e. The van der Waals surface area contributed by atoms with Gasteiger partial charge in [-0.15, -0.1) is 9.36 Å². The molecule has 0 atom stereocenters. The summed E-state index contributed by atoms with van der Waals surface area (Å²) in [6.07, 6.45) is 12.5. The molecule has 0 aliphatic heterocycles. The average Bonchev–Trinajstić information content (AvgIpc) is 3.20. The zero-order valence-electron chi connectivity index (χ0n) is 14.5. The molecule has 0 saturated heterocycles. The molecule has 0 N–H and O–H groups in total. The Morgan fingerprint density at radius 1 is 0.826 bits per heavy atom. The fraction of sp³-hybridized carbons (Fsp3) is 0.750. The van der Waals surface area contributed by atoms with E-state index in [1.807, 2.05) is 34.7 Å². The van der Waals surface area contributed by atoms with Crippen molar-refractivity contribution in [1.29, 1.82) is 0 Å². The fourth-order valence-corrected chi connectivity index (χ4v) is 2.27. The van der Waals surface area contributed by atoms with Crippen molar-refractivity contribution in [1.82, 2.24) is 19.6 Å². The van der Waals surface area contributed by atoms with Crippen molar-refractivity contribution >= 4 is 0 Å². The Balaban J connectivity index is 1.58. The van der Waals surface area contributed by atoms with Crippen LogP contribution in [-0.4, -0.2) is 32.8 Å². The highest BCUT2D eigenvalue weighted by Crippen LogP contribution is 1.91. The monoisotopic (exact) mass is 322 g/mol. The van der Waals surface area contributed by atoms with Crippen LogP contribution in [0.15, 0.2) is 25.3 Å². The van der Waals surface area contributed by atoms with Gasteiger partial charge in [-0.1, -0.05) is 26.7 Å². The predicted molar refractivity (Wildman–Crippen MR) is 85.5 cm³/mol. The average molecular weight is 322 g/mol. The molecule has 0 aromatic carbocycles. The molecule has 7 heteroatoms. The highest BCUT2D eigenvalue weighted by molar-refractivity contribution is 4.47. The van der Waals surface area contributed by atoms with Crippen molar-refractivity contribution in [3.05, 3.63) is 25.3 Å². The van der Waals surface area contributed by atoms with Crippen LogP contribution in [0.1, 0.15) is 39.5 Å². The van der Waals surface area contributed by atoms with Crippen molar-refractivity contribution in [3.8, 4) is 0 Å². The van der Waals surface area contributed by atoms with Gasteiger partial charge in [-0.2, -0.15) is 0 Å². The van der Waals surface area contributed by atoms with E-state index in [4.69, 9.17) is 4.74 Å². The number of rotatable bonds is 12. The first-order valence-corrected chi connectivity index (χ1v) is 8.72. The summed E-state index contributed by atoms with van der Waals surface area (Å²) in [6.45, 7) is 9.45. The van der Waals surface area contributed by atoms with E-state index in [2.05, 4.69) is 33.2 Å². The van der Waals surface area contributed by atoms with Crippen molar-refractivity contribution in [2.24, 2.45) is 0 Å². The van der Waals surface area contributed by atoms with Crippen LogP contribution in [0.2, 0.25) is 0 Å². The molecule has 0 unspecified atom stereocenters. The third kappa shape index (κ3) is 6.48. The Morgan fingerprint density at radius 2 is 1.30 bits per heavy atom. The molecular formula is C16H30N6O+2. The summed E-state index contributed by atoms with van der Waals surface area (Å²) in [5.41, 5.74) is 0. The molecule has 0 radical (unpaired) electrons. The molecule has 0 aliphatic rings. The zero-order valence-corrected chi connectivity index (χ0v) is 14.5. The molecule has 0 saturated carbocycles. The van der Waals surface area contributed by atoms with Gasteiger partial charge in [-0.3, -0.25) is 0 Å². The van der Waals surface area contributed by atoms with E-state index >= 15 is 0 Å². The Hall–Kier alpha value is -1.76. The summed E-state index contributed by atoms with van der Waals surface area (Å²) >= 11 is 0. The molecular weight excluding hydrogens is 292 g/mol. The van der Waals surface area contributed by atoms with Gasteiger partial charge in [0.2, 0.25) is 12.7 Å². The largest absolute Gasteiger partial charge is 0.375 e. The van der Waals surface area contributed by atoms with Crippen LogP contribution in [0.5, 0.6) is 0 Å². The maximum Gasteiger partial charge on any atom is 0.265 e. The molecule has 0 amide bonds. The lowest BCUT2D eigenvalue weighted by Gasteiger charge is -2.00. The van der Waals surface area contributed by atoms with E-state index in [9.17, 15) is 0 Å². The molecule has 23 heavy (non-hydrogen) atoms. The quantitative estimate of drug-likeness (QED) is 0.432. The summed E-state index contributed by atoms with van der Waals surface area (Å²) in [4.78, 5) is 0. The number of nitrogens with zero attached hydrogens (tertiary/aromatic N) is 6. The van der Waals surface area contributed by atoms with Gasteiger partial charge in [0.15, 0.2) is 0 Å². The fourth-order valence-electron chi connectivity index (χ4n) is 2.27. The first-order valence-electron chi connectivity index (χ1n) is 8.72. The zero-order chi connectivity index (χ0) is 16.3. The molecule has 2 rings (SSSR count). The van der Waals surface area contributed by atoms with E-state index in [-0.39, 0.29) is 0 Å². The Morgan fingerprint density at radius 3 is 1.74 bits per heavy atom. The van der Waals surface area contributed by atoms with Crippen LogP contribution in [0.25, 0.3) is 0 Å². The minimum atomic E-state index is 0.703. The molecule has 0 fully saturated rings. The van der Waals surface area contributed by atoms with Crippen LogP contribution >= 0.6 is 0 Å². The summed E-state index contributed by atoms with van der Waals surface area (Å²) in [6, 6.07) is 0. The second-order valence-electron chi connectivity index (χ2n) is 5.81. The SMILES string of the molecule is CCCCn1c[n+](CCOCC[n+]2cnn(CCCC)c2)cn1. The van der Waals surface area contributed by atoms with Gasteiger partial charge < -0.3 is 4.74 Å². The molecule has 2 heterocycles. The second kappa shape index (κ2) is 10.1. The standard InChI is InChI=1S/C16H30N6O/c1-3-5-7-21-15-19(13-17-21)9-11-23-12-10-20-14-18-22(16-20)8-6-4-2/h13-16H,3-12H2,1-2H3/q+2.